The van der Waals surface area contributed by atoms with Gasteiger partial charge in [-0.25, -0.2) is 4.98 Å². The number of rotatable bonds is 4. The monoisotopic (exact) mass is 283 g/mol. The Morgan fingerprint density at radius 1 is 1.58 bits per heavy atom. The fourth-order valence-electron chi connectivity index (χ4n) is 2.10. The van der Waals surface area contributed by atoms with Crippen LogP contribution < -0.4 is 11.1 Å². The maximum atomic E-state index is 11.9. The van der Waals surface area contributed by atoms with Crippen LogP contribution in [0.5, 0.6) is 0 Å². The molecular weight excluding hydrogens is 266 g/mol. The van der Waals surface area contributed by atoms with Gasteiger partial charge in [0.2, 0.25) is 0 Å². The van der Waals surface area contributed by atoms with Gasteiger partial charge < -0.3 is 15.8 Å². The third kappa shape index (κ3) is 4.08. The van der Waals surface area contributed by atoms with Gasteiger partial charge in [-0.2, -0.15) is 0 Å². The number of ether oxygens (including phenoxy) is 1. The second-order valence-electron chi connectivity index (χ2n) is 4.64. The number of nitrogen functional groups attached to an aromatic ring is 1. The van der Waals surface area contributed by atoms with Gasteiger partial charge in [-0.15, -0.1) is 0 Å². The van der Waals surface area contributed by atoms with Gasteiger partial charge in [-0.3, -0.25) is 4.79 Å². The smallest absolute Gasteiger partial charge is 0.254 e. The average Bonchev–Trinajstić information content (AvgIpc) is 2.42. The molecule has 19 heavy (non-hydrogen) atoms. The summed E-state index contributed by atoms with van der Waals surface area (Å²) in [4.78, 5) is 15.8. The highest BCUT2D eigenvalue weighted by atomic mass is 35.5. The number of nitrogens with one attached hydrogen (secondary N) is 1. The van der Waals surface area contributed by atoms with Crippen LogP contribution >= 0.6 is 11.6 Å². The van der Waals surface area contributed by atoms with E-state index < -0.39 is 0 Å². The topological polar surface area (TPSA) is 77.2 Å². The van der Waals surface area contributed by atoms with Gasteiger partial charge >= 0.3 is 0 Å². The number of carbonyl (C=O) groups is 1. The van der Waals surface area contributed by atoms with E-state index in [9.17, 15) is 4.79 Å². The van der Waals surface area contributed by atoms with Crippen LogP contribution in [-0.4, -0.2) is 30.1 Å². The van der Waals surface area contributed by atoms with Crippen LogP contribution in [0.1, 0.15) is 36.0 Å². The number of nitrogens with two attached hydrogens (primary N) is 1. The number of amides is 1. The molecule has 5 nitrogen and oxygen atoms in total. The normalized spacial score (nSPS) is 19.1. The van der Waals surface area contributed by atoms with E-state index in [4.69, 9.17) is 22.1 Å². The summed E-state index contributed by atoms with van der Waals surface area (Å²) in [6.45, 7) is 1.39. The molecule has 1 unspecified atom stereocenters. The van der Waals surface area contributed by atoms with Crippen molar-refractivity contribution in [2.45, 2.75) is 31.8 Å². The fourth-order valence-corrected chi connectivity index (χ4v) is 2.29. The third-order valence-corrected chi connectivity index (χ3v) is 3.43. The average molecular weight is 284 g/mol. The number of halogens is 1. The van der Waals surface area contributed by atoms with Gasteiger partial charge in [0.15, 0.2) is 0 Å². The molecule has 1 fully saturated rings. The first-order valence-corrected chi connectivity index (χ1v) is 6.85. The number of hydrogen-bond acceptors (Lipinski definition) is 4. The summed E-state index contributed by atoms with van der Waals surface area (Å²) < 4.78 is 5.60. The quantitative estimate of drug-likeness (QED) is 0.829. The molecule has 2 heterocycles. The lowest BCUT2D eigenvalue weighted by Crippen LogP contribution is -2.29. The van der Waals surface area contributed by atoms with E-state index in [-0.39, 0.29) is 17.2 Å². The van der Waals surface area contributed by atoms with Crippen molar-refractivity contribution in [3.8, 4) is 0 Å². The van der Waals surface area contributed by atoms with Gasteiger partial charge in [0, 0.05) is 13.2 Å². The molecule has 1 aliphatic rings. The molecule has 0 radical (unpaired) electrons. The van der Waals surface area contributed by atoms with Crippen molar-refractivity contribution >= 4 is 23.2 Å². The van der Waals surface area contributed by atoms with Crippen LogP contribution in [0.3, 0.4) is 0 Å². The van der Waals surface area contributed by atoms with Crippen LogP contribution in [0.25, 0.3) is 0 Å². The van der Waals surface area contributed by atoms with Crippen molar-refractivity contribution in [2.24, 2.45) is 0 Å². The maximum absolute atomic E-state index is 11.9. The molecule has 1 aliphatic heterocycles. The fraction of sp³-hybridized carbons (Fsp3) is 0.538. The zero-order chi connectivity index (χ0) is 13.7. The van der Waals surface area contributed by atoms with Crippen molar-refractivity contribution in [3.63, 3.8) is 0 Å². The Balaban J connectivity index is 1.82. The summed E-state index contributed by atoms with van der Waals surface area (Å²) in [7, 11) is 0. The Morgan fingerprint density at radius 2 is 2.42 bits per heavy atom. The zero-order valence-electron chi connectivity index (χ0n) is 10.7. The summed E-state index contributed by atoms with van der Waals surface area (Å²) in [5.41, 5.74) is 6.32. The Hall–Kier alpha value is -1.33. The van der Waals surface area contributed by atoms with E-state index in [1.807, 2.05) is 0 Å². The molecule has 104 valence electrons. The third-order valence-electron chi connectivity index (χ3n) is 3.13. The summed E-state index contributed by atoms with van der Waals surface area (Å²) in [5, 5.41) is 2.98. The summed E-state index contributed by atoms with van der Waals surface area (Å²) >= 11 is 5.87. The Morgan fingerprint density at radius 3 is 3.16 bits per heavy atom. The van der Waals surface area contributed by atoms with Crippen LogP contribution in [-0.2, 0) is 4.74 Å². The molecule has 1 amide bonds. The van der Waals surface area contributed by atoms with Crippen LogP contribution in [0.15, 0.2) is 12.3 Å². The molecule has 0 spiro atoms. The Labute approximate surface area is 117 Å². The second kappa shape index (κ2) is 6.73. The van der Waals surface area contributed by atoms with E-state index in [2.05, 4.69) is 10.3 Å². The molecule has 0 bridgehead atoms. The summed E-state index contributed by atoms with van der Waals surface area (Å²) in [6.07, 6.45) is 5.89. The highest BCUT2D eigenvalue weighted by molar-refractivity contribution is 6.32. The number of nitrogens with zero attached hydrogens (tertiary/aromatic N) is 1. The maximum Gasteiger partial charge on any atom is 0.254 e. The molecule has 3 N–H and O–H groups in total. The van der Waals surface area contributed by atoms with E-state index in [0.29, 0.717) is 17.8 Å². The molecule has 0 saturated carbocycles. The predicted molar refractivity (Wildman–Crippen MR) is 74.2 cm³/mol. The number of carbonyl (C=O) groups excluding carboxylic acids is 1. The molecule has 0 aromatic carbocycles. The molecule has 1 aromatic heterocycles. The lowest BCUT2D eigenvalue weighted by atomic mass is 10.1. The number of hydrogen-bond donors (Lipinski definition) is 2. The van der Waals surface area contributed by atoms with Gasteiger partial charge in [-0.05, 0) is 31.7 Å². The SMILES string of the molecule is Nc1cnc(Cl)c(C(=O)NCCC2CCCCO2)c1. The van der Waals surface area contributed by atoms with Gasteiger partial charge in [0.25, 0.3) is 5.91 Å². The standard InChI is InChI=1S/C13H18ClN3O2/c14-12-11(7-9(15)8-17-12)13(18)16-5-4-10-3-1-2-6-19-10/h7-8,10H,1-6,15H2,(H,16,18). The Kier molecular flexibility index (Phi) is 4.99. The minimum Gasteiger partial charge on any atom is -0.397 e. The minimum absolute atomic E-state index is 0.167. The van der Waals surface area contributed by atoms with Crippen molar-refractivity contribution in [1.82, 2.24) is 10.3 Å². The van der Waals surface area contributed by atoms with Crippen LogP contribution in [0, 0.1) is 0 Å². The van der Waals surface area contributed by atoms with Crippen molar-refractivity contribution < 1.29 is 9.53 Å². The van der Waals surface area contributed by atoms with Gasteiger partial charge in [-0.1, -0.05) is 11.6 Å². The lowest BCUT2D eigenvalue weighted by molar-refractivity contribution is 0.0117. The van der Waals surface area contributed by atoms with Crippen molar-refractivity contribution in [2.75, 3.05) is 18.9 Å². The first kappa shape index (κ1) is 14.1. The zero-order valence-corrected chi connectivity index (χ0v) is 11.4. The first-order chi connectivity index (χ1) is 9.16. The highest BCUT2D eigenvalue weighted by Gasteiger charge is 2.15. The van der Waals surface area contributed by atoms with E-state index in [1.54, 1.807) is 0 Å². The second-order valence-corrected chi connectivity index (χ2v) is 5.00. The number of aromatic nitrogens is 1. The molecule has 1 atom stereocenters. The first-order valence-electron chi connectivity index (χ1n) is 6.47. The van der Waals surface area contributed by atoms with E-state index in [0.717, 1.165) is 25.9 Å². The molecule has 6 heteroatoms. The van der Waals surface area contributed by atoms with Crippen molar-refractivity contribution in [1.29, 1.82) is 0 Å². The molecule has 0 aliphatic carbocycles. The molecule has 1 aromatic rings. The predicted octanol–water partition coefficient (Wildman–Crippen LogP) is 2.01. The summed E-state index contributed by atoms with van der Waals surface area (Å²) in [6, 6.07) is 1.53. The van der Waals surface area contributed by atoms with E-state index >= 15 is 0 Å². The number of anilines is 1. The van der Waals surface area contributed by atoms with Crippen molar-refractivity contribution in [3.05, 3.63) is 23.0 Å². The molecule has 1 saturated heterocycles. The molecule has 2 rings (SSSR count). The summed E-state index contributed by atoms with van der Waals surface area (Å²) in [5.74, 6) is -0.249. The lowest BCUT2D eigenvalue weighted by Gasteiger charge is -2.22. The number of pyridine rings is 1. The highest BCUT2D eigenvalue weighted by Crippen LogP contribution is 2.16. The molecular formula is C13H18ClN3O2. The largest absolute Gasteiger partial charge is 0.397 e. The Bertz CT molecular complexity index is 448. The van der Waals surface area contributed by atoms with Gasteiger partial charge in [0.05, 0.1) is 23.6 Å². The minimum atomic E-state index is -0.249. The van der Waals surface area contributed by atoms with Crippen LogP contribution in [0.4, 0.5) is 5.69 Å². The van der Waals surface area contributed by atoms with Gasteiger partial charge in [0.1, 0.15) is 5.15 Å². The van der Waals surface area contributed by atoms with Crippen LogP contribution in [0.2, 0.25) is 5.15 Å². The van der Waals surface area contributed by atoms with E-state index in [1.165, 1.54) is 18.7 Å².